The number of halogens is 1. The smallest absolute Gasteiger partial charge is 0.262 e. The fourth-order valence-electron chi connectivity index (χ4n) is 3.10. The Morgan fingerprint density at radius 1 is 0.909 bits per heavy atom. The molecule has 0 aliphatic carbocycles. The van der Waals surface area contributed by atoms with E-state index in [9.17, 15) is 18.0 Å². The summed E-state index contributed by atoms with van der Waals surface area (Å²) in [7, 11) is -3.85. The molecule has 7 nitrogen and oxygen atoms in total. The molecule has 33 heavy (non-hydrogen) atoms. The number of hydrogen-bond donors (Lipinski definition) is 3. The second kappa shape index (κ2) is 10.5. The Labute approximate surface area is 198 Å². The van der Waals surface area contributed by atoms with Gasteiger partial charge in [0.2, 0.25) is 5.91 Å². The van der Waals surface area contributed by atoms with Crippen molar-refractivity contribution in [2.75, 3.05) is 16.6 Å². The number of hydrogen-bond acceptors (Lipinski definition) is 4. The van der Waals surface area contributed by atoms with Crippen molar-refractivity contribution in [2.24, 2.45) is 0 Å². The SMILES string of the molecule is Cc1cccc(NS(=O)(=O)c2cc(NC(=O)CCNC(=O)c3ccc(Cl)cc3)ccc2C)c1. The fourth-order valence-corrected chi connectivity index (χ4v) is 4.55. The first kappa shape index (κ1) is 24.3. The van der Waals surface area contributed by atoms with Gasteiger partial charge < -0.3 is 10.6 Å². The molecule has 0 heterocycles. The molecular weight excluding hydrogens is 462 g/mol. The van der Waals surface area contributed by atoms with Crippen molar-refractivity contribution >= 4 is 44.8 Å². The van der Waals surface area contributed by atoms with E-state index in [-0.39, 0.29) is 29.7 Å². The van der Waals surface area contributed by atoms with E-state index in [2.05, 4.69) is 15.4 Å². The van der Waals surface area contributed by atoms with E-state index in [1.807, 2.05) is 13.0 Å². The topological polar surface area (TPSA) is 104 Å². The lowest BCUT2D eigenvalue weighted by atomic mass is 10.2. The third-order valence-electron chi connectivity index (χ3n) is 4.78. The van der Waals surface area contributed by atoms with Crippen LogP contribution in [0, 0.1) is 13.8 Å². The van der Waals surface area contributed by atoms with Crippen molar-refractivity contribution < 1.29 is 18.0 Å². The van der Waals surface area contributed by atoms with Crippen LogP contribution in [0.25, 0.3) is 0 Å². The molecule has 0 saturated carbocycles. The van der Waals surface area contributed by atoms with E-state index in [1.54, 1.807) is 61.5 Å². The summed E-state index contributed by atoms with van der Waals surface area (Å²) in [4.78, 5) is 24.5. The molecule has 0 spiro atoms. The van der Waals surface area contributed by atoms with Crippen molar-refractivity contribution in [3.8, 4) is 0 Å². The maximum absolute atomic E-state index is 12.9. The minimum absolute atomic E-state index is 0.0246. The third kappa shape index (κ3) is 6.81. The number of amides is 2. The average Bonchev–Trinajstić information content (AvgIpc) is 2.75. The van der Waals surface area contributed by atoms with Gasteiger partial charge in [-0.3, -0.25) is 14.3 Å². The summed E-state index contributed by atoms with van der Waals surface area (Å²) in [5.41, 5.74) is 2.72. The van der Waals surface area contributed by atoms with Gasteiger partial charge in [0, 0.05) is 34.9 Å². The van der Waals surface area contributed by atoms with E-state index in [0.717, 1.165) is 5.56 Å². The number of rotatable bonds is 8. The summed E-state index contributed by atoms with van der Waals surface area (Å²) in [6, 6.07) is 18.1. The zero-order valence-electron chi connectivity index (χ0n) is 18.2. The van der Waals surface area contributed by atoms with Crippen molar-refractivity contribution in [1.82, 2.24) is 5.32 Å². The summed E-state index contributed by atoms with van der Waals surface area (Å²) in [5.74, 6) is -0.671. The standard InChI is InChI=1S/C24H24ClN3O4S/c1-16-4-3-5-21(14-16)28-33(31,32)22-15-20(11-6-17(22)2)27-23(29)12-13-26-24(30)18-7-9-19(25)10-8-18/h3-11,14-15,28H,12-13H2,1-2H3,(H,26,30)(H,27,29). The lowest BCUT2D eigenvalue weighted by Gasteiger charge is -2.13. The average molecular weight is 486 g/mol. The minimum atomic E-state index is -3.85. The first-order valence-corrected chi connectivity index (χ1v) is 12.0. The number of sulfonamides is 1. The molecule has 0 fully saturated rings. The second-order valence-electron chi connectivity index (χ2n) is 7.52. The molecule has 0 aromatic heterocycles. The zero-order valence-corrected chi connectivity index (χ0v) is 19.8. The molecule has 0 unspecified atom stereocenters. The largest absolute Gasteiger partial charge is 0.352 e. The Kier molecular flexibility index (Phi) is 7.73. The Bertz CT molecular complexity index is 1280. The van der Waals surface area contributed by atoms with Gasteiger partial charge in [-0.05, 0) is 73.5 Å². The monoisotopic (exact) mass is 485 g/mol. The van der Waals surface area contributed by atoms with Crippen LogP contribution in [-0.4, -0.2) is 26.8 Å². The first-order valence-electron chi connectivity index (χ1n) is 10.2. The van der Waals surface area contributed by atoms with Crippen LogP contribution in [0.4, 0.5) is 11.4 Å². The number of nitrogens with one attached hydrogen (secondary N) is 3. The minimum Gasteiger partial charge on any atom is -0.352 e. The molecule has 0 atom stereocenters. The van der Waals surface area contributed by atoms with Crippen molar-refractivity contribution in [2.45, 2.75) is 25.2 Å². The molecule has 3 N–H and O–H groups in total. The normalized spacial score (nSPS) is 11.0. The third-order valence-corrected chi connectivity index (χ3v) is 6.55. The Morgan fingerprint density at radius 2 is 1.64 bits per heavy atom. The highest BCUT2D eigenvalue weighted by Gasteiger charge is 2.18. The van der Waals surface area contributed by atoms with Gasteiger partial charge in [0.1, 0.15) is 0 Å². The van der Waals surface area contributed by atoms with Gasteiger partial charge in [0.25, 0.3) is 15.9 Å². The molecule has 0 radical (unpaired) electrons. The van der Waals surface area contributed by atoms with Crippen LogP contribution >= 0.6 is 11.6 Å². The van der Waals surface area contributed by atoms with Crippen molar-refractivity contribution in [3.63, 3.8) is 0 Å². The number of benzene rings is 3. The Balaban J connectivity index is 1.61. The highest BCUT2D eigenvalue weighted by Crippen LogP contribution is 2.23. The van der Waals surface area contributed by atoms with Crippen molar-refractivity contribution in [3.05, 3.63) is 88.4 Å². The van der Waals surface area contributed by atoms with E-state index in [1.165, 1.54) is 6.07 Å². The number of aryl methyl sites for hydroxylation is 2. The van der Waals surface area contributed by atoms with Gasteiger partial charge in [-0.25, -0.2) is 8.42 Å². The highest BCUT2D eigenvalue weighted by atomic mass is 35.5. The first-order chi connectivity index (χ1) is 15.6. The summed E-state index contributed by atoms with van der Waals surface area (Å²) in [5, 5.41) is 5.87. The van der Waals surface area contributed by atoms with Crippen LogP contribution < -0.4 is 15.4 Å². The number of carbonyl (C=O) groups is 2. The fraction of sp³-hybridized carbons (Fsp3) is 0.167. The maximum atomic E-state index is 12.9. The Hall–Kier alpha value is -3.36. The van der Waals surface area contributed by atoms with Gasteiger partial charge in [-0.15, -0.1) is 0 Å². The van der Waals surface area contributed by atoms with Crippen LogP contribution in [0.1, 0.15) is 27.9 Å². The predicted molar refractivity (Wildman–Crippen MR) is 130 cm³/mol. The number of carbonyl (C=O) groups excluding carboxylic acids is 2. The quantitative estimate of drug-likeness (QED) is 0.436. The van der Waals surface area contributed by atoms with Crippen LogP contribution in [-0.2, 0) is 14.8 Å². The lowest BCUT2D eigenvalue weighted by Crippen LogP contribution is -2.27. The molecule has 2 amide bonds. The lowest BCUT2D eigenvalue weighted by molar-refractivity contribution is -0.116. The number of anilines is 2. The molecule has 9 heteroatoms. The molecule has 0 aliphatic rings. The molecule has 0 saturated heterocycles. The van der Waals surface area contributed by atoms with E-state index in [4.69, 9.17) is 11.6 Å². The van der Waals surface area contributed by atoms with Gasteiger partial charge in [0.15, 0.2) is 0 Å². The summed E-state index contributed by atoms with van der Waals surface area (Å²) >= 11 is 5.81. The molecular formula is C24H24ClN3O4S. The van der Waals surface area contributed by atoms with Crippen LogP contribution in [0.2, 0.25) is 5.02 Å². The molecule has 3 rings (SSSR count). The van der Waals surface area contributed by atoms with Gasteiger partial charge in [-0.2, -0.15) is 0 Å². The van der Waals surface area contributed by atoms with Crippen LogP contribution in [0.15, 0.2) is 71.6 Å². The van der Waals surface area contributed by atoms with Crippen LogP contribution in [0.5, 0.6) is 0 Å². The van der Waals surface area contributed by atoms with Gasteiger partial charge >= 0.3 is 0 Å². The maximum Gasteiger partial charge on any atom is 0.262 e. The van der Waals surface area contributed by atoms with Crippen LogP contribution in [0.3, 0.4) is 0 Å². The summed E-state index contributed by atoms with van der Waals surface area (Å²) in [6.07, 6.45) is 0.0246. The molecule has 3 aromatic rings. The zero-order chi connectivity index (χ0) is 24.0. The van der Waals surface area contributed by atoms with Crippen molar-refractivity contribution in [1.29, 1.82) is 0 Å². The van der Waals surface area contributed by atoms with Gasteiger partial charge in [-0.1, -0.05) is 29.8 Å². The molecule has 3 aromatic carbocycles. The highest BCUT2D eigenvalue weighted by molar-refractivity contribution is 7.92. The second-order valence-corrected chi connectivity index (χ2v) is 9.60. The molecule has 0 bridgehead atoms. The predicted octanol–water partition coefficient (Wildman–Crippen LogP) is 4.52. The molecule has 0 aliphatic heterocycles. The van der Waals surface area contributed by atoms with Gasteiger partial charge in [0.05, 0.1) is 4.90 Å². The van der Waals surface area contributed by atoms with E-state index < -0.39 is 10.0 Å². The Morgan fingerprint density at radius 3 is 2.33 bits per heavy atom. The summed E-state index contributed by atoms with van der Waals surface area (Å²) in [6.45, 7) is 3.68. The molecule has 172 valence electrons. The summed E-state index contributed by atoms with van der Waals surface area (Å²) < 4.78 is 28.4. The van der Waals surface area contributed by atoms with E-state index in [0.29, 0.717) is 27.5 Å². The van der Waals surface area contributed by atoms with E-state index >= 15 is 0 Å².